The van der Waals surface area contributed by atoms with Gasteiger partial charge in [-0.3, -0.25) is 14.9 Å². The van der Waals surface area contributed by atoms with Gasteiger partial charge in [0.15, 0.2) is 17.3 Å². The maximum atomic E-state index is 12.4. The average Bonchev–Trinajstić information content (AvgIpc) is 3.31. The van der Waals surface area contributed by atoms with E-state index in [2.05, 4.69) is 0 Å². The highest BCUT2D eigenvalue weighted by atomic mass is 16.7. The predicted octanol–water partition coefficient (Wildman–Crippen LogP) is 2.55. The predicted molar refractivity (Wildman–Crippen MR) is 81.2 cm³/mol. The molecule has 0 bridgehead atoms. The number of nitro groups is 1. The largest absolute Gasteiger partial charge is 0.454 e. The first kappa shape index (κ1) is 14.6. The molecule has 1 aromatic carbocycles. The van der Waals surface area contributed by atoms with Gasteiger partial charge in [0, 0.05) is 19.0 Å². The number of amides is 1. The van der Waals surface area contributed by atoms with Crippen LogP contribution in [0.25, 0.3) is 0 Å². The van der Waals surface area contributed by atoms with Crippen molar-refractivity contribution in [3.8, 4) is 11.5 Å². The van der Waals surface area contributed by atoms with Crippen LogP contribution in [0, 0.1) is 10.1 Å². The average molecular weight is 330 g/mol. The summed E-state index contributed by atoms with van der Waals surface area (Å²) in [5.74, 6) is 0.879. The van der Waals surface area contributed by atoms with E-state index in [1.807, 2.05) is 18.2 Å². The number of benzene rings is 1. The van der Waals surface area contributed by atoms with Gasteiger partial charge in [-0.05, 0) is 30.2 Å². The van der Waals surface area contributed by atoms with E-state index in [0.29, 0.717) is 13.1 Å². The summed E-state index contributed by atoms with van der Waals surface area (Å²) in [5.41, 5.74) is 1.08. The number of carbonyl (C=O) groups excluding carboxylic acids is 1. The molecule has 3 heterocycles. The zero-order valence-electron chi connectivity index (χ0n) is 12.6. The second-order valence-electron chi connectivity index (χ2n) is 5.74. The topological polar surface area (TPSA) is 95.0 Å². The normalized spacial score (nSPS) is 18.8. The Kier molecular flexibility index (Phi) is 3.37. The highest BCUT2D eigenvalue weighted by Gasteiger charge is 2.31. The number of hydrogen-bond donors (Lipinski definition) is 0. The number of carbonyl (C=O) groups is 1. The first-order chi connectivity index (χ1) is 11.6. The van der Waals surface area contributed by atoms with Crippen molar-refractivity contribution in [2.24, 2.45) is 0 Å². The van der Waals surface area contributed by atoms with Crippen molar-refractivity contribution in [2.75, 3.05) is 19.9 Å². The minimum absolute atomic E-state index is 0.00645. The number of ether oxygens (including phenoxy) is 2. The third-order valence-electron chi connectivity index (χ3n) is 4.33. The van der Waals surface area contributed by atoms with Crippen LogP contribution in [0.5, 0.6) is 11.5 Å². The van der Waals surface area contributed by atoms with Gasteiger partial charge in [-0.15, -0.1) is 0 Å². The highest BCUT2D eigenvalue weighted by molar-refractivity contribution is 5.92. The van der Waals surface area contributed by atoms with Crippen molar-refractivity contribution in [1.82, 2.24) is 4.90 Å². The quantitative estimate of drug-likeness (QED) is 0.634. The molecule has 4 rings (SSSR count). The summed E-state index contributed by atoms with van der Waals surface area (Å²) in [4.78, 5) is 24.1. The van der Waals surface area contributed by atoms with Crippen LogP contribution in [-0.4, -0.2) is 35.6 Å². The number of rotatable bonds is 3. The molecule has 0 radical (unpaired) electrons. The van der Waals surface area contributed by atoms with Crippen molar-refractivity contribution in [3.05, 3.63) is 51.8 Å². The molecule has 8 heteroatoms. The number of nitrogens with zero attached hydrogens (tertiary/aromatic N) is 2. The molecule has 1 fully saturated rings. The fraction of sp³-hybridized carbons (Fsp3) is 0.312. The molecule has 24 heavy (non-hydrogen) atoms. The Bertz CT molecular complexity index is 815. The van der Waals surface area contributed by atoms with E-state index in [-0.39, 0.29) is 24.4 Å². The van der Waals surface area contributed by atoms with Crippen molar-refractivity contribution in [2.45, 2.75) is 12.3 Å². The van der Waals surface area contributed by atoms with E-state index < -0.39 is 10.8 Å². The molecule has 0 saturated carbocycles. The van der Waals surface area contributed by atoms with E-state index >= 15 is 0 Å². The zero-order valence-corrected chi connectivity index (χ0v) is 12.6. The first-order valence-corrected chi connectivity index (χ1v) is 7.55. The van der Waals surface area contributed by atoms with Gasteiger partial charge in [0.05, 0.1) is 6.07 Å². The molecule has 0 N–H and O–H groups in total. The van der Waals surface area contributed by atoms with Gasteiger partial charge < -0.3 is 18.8 Å². The SMILES string of the molecule is O=C(c1ccc([N+](=O)[O-])o1)N1CCC(c2ccc3c(c2)OCO3)C1. The smallest absolute Gasteiger partial charge is 0.433 e. The fourth-order valence-corrected chi connectivity index (χ4v) is 3.08. The van der Waals surface area contributed by atoms with Crippen LogP contribution in [0.4, 0.5) is 5.88 Å². The lowest BCUT2D eigenvalue weighted by molar-refractivity contribution is -0.402. The fourth-order valence-electron chi connectivity index (χ4n) is 3.08. The van der Waals surface area contributed by atoms with Crippen LogP contribution in [0.15, 0.2) is 34.7 Å². The minimum Gasteiger partial charge on any atom is -0.454 e. The molecule has 2 aliphatic heterocycles. The molecular formula is C16H14N2O6. The summed E-state index contributed by atoms with van der Waals surface area (Å²) in [7, 11) is 0. The monoisotopic (exact) mass is 330 g/mol. The van der Waals surface area contributed by atoms with Gasteiger partial charge >= 0.3 is 5.88 Å². The third-order valence-corrected chi connectivity index (χ3v) is 4.33. The van der Waals surface area contributed by atoms with Crippen LogP contribution in [0.2, 0.25) is 0 Å². The van der Waals surface area contributed by atoms with Crippen LogP contribution in [0.1, 0.15) is 28.5 Å². The van der Waals surface area contributed by atoms with Gasteiger partial charge in [-0.1, -0.05) is 6.07 Å². The molecule has 2 aromatic rings. The van der Waals surface area contributed by atoms with E-state index in [9.17, 15) is 14.9 Å². The third kappa shape index (κ3) is 2.45. The zero-order chi connectivity index (χ0) is 16.7. The number of likely N-dealkylation sites (tertiary alicyclic amines) is 1. The Labute approximate surface area is 136 Å². The van der Waals surface area contributed by atoms with Gasteiger partial charge in [-0.2, -0.15) is 0 Å². The first-order valence-electron chi connectivity index (χ1n) is 7.55. The summed E-state index contributed by atoms with van der Waals surface area (Å²) >= 11 is 0. The van der Waals surface area contributed by atoms with Crippen LogP contribution >= 0.6 is 0 Å². The summed E-state index contributed by atoms with van der Waals surface area (Å²) in [6.45, 7) is 1.34. The Balaban J connectivity index is 1.47. The molecule has 124 valence electrons. The van der Waals surface area contributed by atoms with E-state index in [1.54, 1.807) is 4.90 Å². The standard InChI is InChI=1S/C16H14N2O6/c19-16(13-3-4-15(24-13)18(20)21)17-6-5-11(8-17)10-1-2-12-14(7-10)23-9-22-12/h1-4,7,11H,5-6,8-9H2. The van der Waals surface area contributed by atoms with Crippen LogP contribution in [-0.2, 0) is 0 Å². The molecule has 1 saturated heterocycles. The Morgan fingerprint density at radius 1 is 1.21 bits per heavy atom. The lowest BCUT2D eigenvalue weighted by Gasteiger charge is -2.15. The second-order valence-corrected chi connectivity index (χ2v) is 5.74. The second kappa shape index (κ2) is 5.55. The Morgan fingerprint density at radius 3 is 2.83 bits per heavy atom. The molecule has 8 nitrogen and oxygen atoms in total. The van der Waals surface area contributed by atoms with Crippen molar-refractivity contribution in [1.29, 1.82) is 0 Å². The molecule has 1 amide bonds. The van der Waals surface area contributed by atoms with Crippen LogP contribution in [0.3, 0.4) is 0 Å². The Morgan fingerprint density at radius 2 is 2.04 bits per heavy atom. The molecule has 0 spiro atoms. The molecular weight excluding hydrogens is 316 g/mol. The van der Waals surface area contributed by atoms with E-state index in [4.69, 9.17) is 13.9 Å². The summed E-state index contributed by atoms with van der Waals surface area (Å²) in [6.07, 6.45) is 0.814. The molecule has 0 aliphatic carbocycles. The summed E-state index contributed by atoms with van der Waals surface area (Å²) in [6, 6.07) is 8.33. The minimum atomic E-state index is -0.657. The van der Waals surface area contributed by atoms with Gasteiger partial charge in [0.1, 0.15) is 4.92 Å². The van der Waals surface area contributed by atoms with Crippen molar-refractivity contribution < 1.29 is 23.6 Å². The molecule has 2 aliphatic rings. The van der Waals surface area contributed by atoms with Gasteiger partial charge in [-0.25, -0.2) is 0 Å². The molecule has 1 aromatic heterocycles. The van der Waals surface area contributed by atoms with Crippen LogP contribution < -0.4 is 9.47 Å². The highest BCUT2D eigenvalue weighted by Crippen LogP contribution is 2.37. The molecule has 1 unspecified atom stereocenters. The summed E-state index contributed by atoms with van der Waals surface area (Å²) < 4.78 is 15.7. The van der Waals surface area contributed by atoms with Gasteiger partial charge in [0.2, 0.25) is 6.79 Å². The summed E-state index contributed by atoms with van der Waals surface area (Å²) in [5, 5.41) is 10.7. The lowest BCUT2D eigenvalue weighted by Crippen LogP contribution is -2.28. The van der Waals surface area contributed by atoms with Crippen molar-refractivity contribution in [3.63, 3.8) is 0 Å². The maximum absolute atomic E-state index is 12.4. The van der Waals surface area contributed by atoms with Gasteiger partial charge in [0.25, 0.3) is 5.91 Å². The van der Waals surface area contributed by atoms with E-state index in [1.165, 1.54) is 12.1 Å². The number of fused-ring (bicyclic) bond motifs is 1. The number of furan rings is 1. The van der Waals surface area contributed by atoms with Crippen molar-refractivity contribution >= 4 is 11.8 Å². The van der Waals surface area contributed by atoms with E-state index in [0.717, 1.165) is 23.5 Å². The lowest BCUT2D eigenvalue weighted by atomic mass is 9.98. The number of hydrogen-bond acceptors (Lipinski definition) is 6. The Hall–Kier alpha value is -3.03. The maximum Gasteiger partial charge on any atom is 0.433 e. The molecule has 1 atom stereocenters.